The third-order valence-electron chi connectivity index (χ3n) is 5.61. The molecule has 1 aliphatic heterocycles. The normalized spacial score (nSPS) is 22.7. The molecule has 1 saturated carbocycles. The van der Waals surface area contributed by atoms with Crippen LogP contribution >= 0.6 is 0 Å². The van der Waals surface area contributed by atoms with Crippen LogP contribution in [0.5, 0.6) is 0 Å². The van der Waals surface area contributed by atoms with E-state index < -0.39 is 23.4 Å². The minimum absolute atomic E-state index is 0.0941. The number of ether oxygens (including phenoxy) is 1. The molecule has 1 saturated heterocycles. The van der Waals surface area contributed by atoms with Crippen molar-refractivity contribution in [2.45, 2.75) is 44.6 Å². The van der Waals surface area contributed by atoms with Gasteiger partial charge in [0.05, 0.1) is 12.7 Å². The van der Waals surface area contributed by atoms with Crippen molar-refractivity contribution in [3.8, 4) is 0 Å². The van der Waals surface area contributed by atoms with Crippen molar-refractivity contribution < 1.29 is 23.9 Å². The third-order valence-corrected chi connectivity index (χ3v) is 5.61. The molecule has 1 atom stereocenters. The van der Waals surface area contributed by atoms with E-state index >= 15 is 0 Å². The summed E-state index contributed by atoms with van der Waals surface area (Å²) in [6, 6.07) is 5.63. The first kappa shape index (κ1) is 19.9. The first-order valence-electron chi connectivity index (χ1n) is 9.47. The van der Waals surface area contributed by atoms with Gasteiger partial charge in [-0.1, -0.05) is 19.3 Å². The number of nitrogens with zero attached hydrogens (tertiary/aromatic N) is 1. The summed E-state index contributed by atoms with van der Waals surface area (Å²) >= 11 is 0. The first-order valence-corrected chi connectivity index (χ1v) is 9.47. The number of urea groups is 1. The van der Waals surface area contributed by atoms with Crippen LogP contribution in [0.2, 0.25) is 0 Å². The van der Waals surface area contributed by atoms with E-state index in [2.05, 4.69) is 15.4 Å². The maximum Gasteiger partial charge on any atom is 0.337 e. The van der Waals surface area contributed by atoms with Crippen LogP contribution in [0.4, 0.5) is 10.5 Å². The van der Waals surface area contributed by atoms with Crippen molar-refractivity contribution in [1.29, 1.82) is 0 Å². The molecule has 8 heteroatoms. The fourth-order valence-electron chi connectivity index (χ4n) is 3.97. The van der Waals surface area contributed by atoms with E-state index in [0.29, 0.717) is 11.3 Å². The topological polar surface area (TPSA) is 105 Å². The van der Waals surface area contributed by atoms with Gasteiger partial charge in [-0.2, -0.15) is 0 Å². The van der Waals surface area contributed by atoms with E-state index in [1.54, 1.807) is 19.1 Å². The molecule has 150 valence electrons. The summed E-state index contributed by atoms with van der Waals surface area (Å²) in [4.78, 5) is 50.0. The lowest BCUT2D eigenvalue weighted by Gasteiger charge is -2.34. The number of esters is 1. The van der Waals surface area contributed by atoms with Gasteiger partial charge in [-0.05, 0) is 49.9 Å². The average molecular weight is 387 g/mol. The smallest absolute Gasteiger partial charge is 0.337 e. The zero-order valence-electron chi connectivity index (χ0n) is 16.1. The Bertz CT molecular complexity index is 786. The summed E-state index contributed by atoms with van der Waals surface area (Å²) in [5.74, 6) is -1.21. The van der Waals surface area contributed by atoms with Crippen molar-refractivity contribution in [1.82, 2.24) is 10.2 Å². The molecule has 28 heavy (non-hydrogen) atoms. The minimum atomic E-state index is -0.944. The molecule has 2 fully saturated rings. The van der Waals surface area contributed by atoms with Crippen LogP contribution in [0.1, 0.15) is 49.4 Å². The van der Waals surface area contributed by atoms with Crippen molar-refractivity contribution in [3.05, 3.63) is 29.8 Å². The monoisotopic (exact) mass is 387 g/mol. The van der Waals surface area contributed by atoms with E-state index in [1.807, 2.05) is 0 Å². The SMILES string of the molecule is COC(=O)c1ccc(NC(=O)CN2C(=O)N[C@@](C)(C3CCCCC3)C2=O)cc1. The van der Waals surface area contributed by atoms with E-state index in [0.717, 1.165) is 37.0 Å². The second-order valence-corrected chi connectivity index (χ2v) is 7.48. The van der Waals surface area contributed by atoms with E-state index in [-0.39, 0.29) is 18.4 Å². The maximum atomic E-state index is 12.9. The molecule has 1 aromatic carbocycles. The number of carbonyl (C=O) groups is 4. The van der Waals surface area contributed by atoms with Gasteiger partial charge in [0.2, 0.25) is 5.91 Å². The molecule has 2 N–H and O–H groups in total. The molecule has 2 aliphatic rings. The molecular formula is C20H25N3O5. The summed E-state index contributed by atoms with van der Waals surface area (Å²) in [5, 5.41) is 5.44. The molecule has 0 radical (unpaired) electrons. The predicted molar refractivity (Wildman–Crippen MR) is 102 cm³/mol. The van der Waals surface area contributed by atoms with E-state index in [9.17, 15) is 19.2 Å². The number of nitrogens with one attached hydrogen (secondary N) is 2. The Balaban J connectivity index is 1.62. The molecule has 0 aromatic heterocycles. The van der Waals surface area contributed by atoms with Crippen molar-refractivity contribution in [2.24, 2.45) is 5.92 Å². The van der Waals surface area contributed by atoms with Gasteiger partial charge in [0.15, 0.2) is 0 Å². The first-order chi connectivity index (χ1) is 13.3. The van der Waals surface area contributed by atoms with Gasteiger partial charge in [-0.15, -0.1) is 0 Å². The van der Waals surface area contributed by atoms with Crippen LogP contribution in [0.15, 0.2) is 24.3 Å². The Labute approximate surface area is 163 Å². The summed E-state index contributed by atoms with van der Waals surface area (Å²) in [6.07, 6.45) is 5.04. The molecule has 1 aromatic rings. The molecule has 8 nitrogen and oxygen atoms in total. The van der Waals surface area contributed by atoms with Crippen LogP contribution in [0.3, 0.4) is 0 Å². The van der Waals surface area contributed by atoms with Gasteiger partial charge >= 0.3 is 12.0 Å². The lowest BCUT2D eigenvalue weighted by molar-refractivity contribution is -0.135. The number of rotatable bonds is 5. The predicted octanol–water partition coefficient (Wildman–Crippen LogP) is 2.30. The van der Waals surface area contributed by atoms with Gasteiger partial charge in [0, 0.05) is 5.69 Å². The summed E-state index contributed by atoms with van der Waals surface area (Å²) in [5.41, 5.74) is -0.127. The molecule has 4 amide bonds. The highest BCUT2D eigenvalue weighted by Crippen LogP contribution is 2.36. The summed E-state index contributed by atoms with van der Waals surface area (Å²) in [7, 11) is 1.29. The summed E-state index contributed by atoms with van der Waals surface area (Å²) in [6.45, 7) is 1.40. The van der Waals surface area contributed by atoms with E-state index in [1.165, 1.54) is 19.2 Å². The van der Waals surface area contributed by atoms with Gasteiger partial charge in [0.1, 0.15) is 12.1 Å². The fourth-order valence-corrected chi connectivity index (χ4v) is 3.97. The number of benzene rings is 1. The largest absolute Gasteiger partial charge is 0.465 e. The fraction of sp³-hybridized carbons (Fsp3) is 0.500. The maximum absolute atomic E-state index is 12.9. The Morgan fingerprint density at radius 2 is 1.82 bits per heavy atom. The Kier molecular flexibility index (Phi) is 5.67. The number of hydrogen-bond donors (Lipinski definition) is 2. The quantitative estimate of drug-likeness (QED) is 0.596. The van der Waals surface area contributed by atoms with Gasteiger partial charge < -0.3 is 15.4 Å². The number of amides is 4. The average Bonchev–Trinajstić information content (AvgIpc) is 2.92. The van der Waals surface area contributed by atoms with Gasteiger partial charge in [0.25, 0.3) is 5.91 Å². The van der Waals surface area contributed by atoms with Crippen LogP contribution in [0.25, 0.3) is 0 Å². The zero-order valence-corrected chi connectivity index (χ0v) is 16.1. The lowest BCUT2D eigenvalue weighted by atomic mass is 9.75. The van der Waals surface area contributed by atoms with Gasteiger partial charge in [-0.25, -0.2) is 9.59 Å². The minimum Gasteiger partial charge on any atom is -0.465 e. The Morgan fingerprint density at radius 1 is 1.18 bits per heavy atom. The molecule has 3 rings (SSSR count). The Hall–Kier alpha value is -2.90. The lowest BCUT2D eigenvalue weighted by Crippen LogP contribution is -2.51. The Morgan fingerprint density at radius 3 is 2.43 bits per heavy atom. The van der Waals surface area contributed by atoms with Crippen molar-refractivity contribution in [2.75, 3.05) is 19.0 Å². The number of carbonyl (C=O) groups excluding carboxylic acids is 4. The summed E-state index contributed by atoms with van der Waals surface area (Å²) < 4.78 is 4.62. The highest BCUT2D eigenvalue weighted by atomic mass is 16.5. The second-order valence-electron chi connectivity index (χ2n) is 7.48. The van der Waals surface area contributed by atoms with Crippen LogP contribution in [-0.4, -0.2) is 47.9 Å². The standard InChI is InChI=1S/C20H25N3O5/c1-20(14-6-4-3-5-7-14)18(26)23(19(27)22-20)12-16(24)21-15-10-8-13(9-11-15)17(25)28-2/h8-11,14H,3-7,12H2,1-2H3,(H,21,24)(H,22,27)/t20-/m0/s1. The number of imide groups is 1. The van der Waals surface area contributed by atoms with Gasteiger partial charge in [-0.3, -0.25) is 14.5 Å². The van der Waals surface area contributed by atoms with Crippen LogP contribution in [-0.2, 0) is 14.3 Å². The van der Waals surface area contributed by atoms with Crippen LogP contribution in [0, 0.1) is 5.92 Å². The highest BCUT2D eigenvalue weighted by molar-refractivity contribution is 6.10. The molecular weight excluding hydrogens is 362 g/mol. The molecule has 0 bridgehead atoms. The number of anilines is 1. The molecule has 1 heterocycles. The second kappa shape index (κ2) is 8.00. The van der Waals surface area contributed by atoms with Crippen molar-refractivity contribution >= 4 is 29.5 Å². The number of methoxy groups -OCH3 is 1. The molecule has 1 aliphatic carbocycles. The zero-order chi connectivity index (χ0) is 20.3. The molecule has 0 unspecified atom stereocenters. The van der Waals surface area contributed by atoms with Crippen LogP contribution < -0.4 is 10.6 Å². The van der Waals surface area contributed by atoms with E-state index in [4.69, 9.17) is 0 Å². The highest BCUT2D eigenvalue weighted by Gasteiger charge is 2.52. The third kappa shape index (κ3) is 3.85. The molecule has 0 spiro atoms. The van der Waals surface area contributed by atoms with Crippen molar-refractivity contribution in [3.63, 3.8) is 0 Å². The number of hydrogen-bond acceptors (Lipinski definition) is 5.